The molecule has 0 saturated carbocycles. The quantitative estimate of drug-likeness (QED) is 0.392. The van der Waals surface area contributed by atoms with Crippen LogP contribution in [0.2, 0.25) is 0 Å². The Bertz CT molecular complexity index is 525. The van der Waals surface area contributed by atoms with E-state index in [1.165, 1.54) is 69.2 Å². The van der Waals surface area contributed by atoms with Crippen molar-refractivity contribution in [3.63, 3.8) is 0 Å². The minimum Gasteiger partial charge on any atom is -0.491 e. The SMILES string of the molecule is CCCCCCCCCCOCCOc1ccc(S(=O)(=O)O)cc1. The zero-order chi connectivity index (χ0) is 17.7. The minimum absolute atomic E-state index is 0.138. The van der Waals surface area contributed by atoms with Crippen molar-refractivity contribution in [2.45, 2.75) is 63.2 Å². The van der Waals surface area contributed by atoms with Crippen LogP contribution >= 0.6 is 0 Å². The molecule has 6 heteroatoms. The highest BCUT2D eigenvalue weighted by Crippen LogP contribution is 2.15. The monoisotopic (exact) mass is 358 g/mol. The lowest BCUT2D eigenvalue weighted by molar-refractivity contribution is 0.0970. The van der Waals surface area contributed by atoms with Crippen LogP contribution in [0.5, 0.6) is 5.75 Å². The van der Waals surface area contributed by atoms with Crippen LogP contribution < -0.4 is 4.74 Å². The molecule has 0 bridgehead atoms. The normalized spacial score (nSPS) is 11.6. The number of hydrogen-bond donors (Lipinski definition) is 1. The first kappa shape index (κ1) is 20.9. The van der Waals surface area contributed by atoms with Crippen molar-refractivity contribution in [3.8, 4) is 5.75 Å². The second kappa shape index (κ2) is 12.3. The van der Waals surface area contributed by atoms with Crippen LogP contribution in [-0.4, -0.2) is 32.8 Å². The van der Waals surface area contributed by atoms with Crippen molar-refractivity contribution in [3.05, 3.63) is 24.3 Å². The molecular weight excluding hydrogens is 328 g/mol. The Labute approximate surface area is 146 Å². The van der Waals surface area contributed by atoms with E-state index in [4.69, 9.17) is 14.0 Å². The fourth-order valence-electron chi connectivity index (χ4n) is 2.37. The third-order valence-corrected chi connectivity index (χ3v) is 4.63. The molecule has 138 valence electrons. The fourth-order valence-corrected chi connectivity index (χ4v) is 2.85. The molecule has 0 aromatic heterocycles. The van der Waals surface area contributed by atoms with Crippen molar-refractivity contribution in [2.24, 2.45) is 0 Å². The van der Waals surface area contributed by atoms with Crippen molar-refractivity contribution < 1.29 is 22.4 Å². The Kier molecular flexibility index (Phi) is 10.7. The average molecular weight is 358 g/mol. The van der Waals surface area contributed by atoms with Gasteiger partial charge in [-0.15, -0.1) is 0 Å². The minimum atomic E-state index is -4.15. The van der Waals surface area contributed by atoms with Gasteiger partial charge < -0.3 is 9.47 Å². The van der Waals surface area contributed by atoms with Crippen molar-refractivity contribution in [1.82, 2.24) is 0 Å². The number of rotatable bonds is 14. The molecule has 0 aliphatic heterocycles. The van der Waals surface area contributed by atoms with Gasteiger partial charge in [-0.05, 0) is 30.7 Å². The van der Waals surface area contributed by atoms with Crippen LogP contribution in [-0.2, 0) is 14.9 Å². The molecule has 0 aliphatic carbocycles. The molecule has 0 aliphatic rings. The zero-order valence-electron chi connectivity index (χ0n) is 14.6. The van der Waals surface area contributed by atoms with Crippen LogP contribution in [0.1, 0.15) is 58.3 Å². The largest absolute Gasteiger partial charge is 0.491 e. The molecular formula is C18H30O5S. The van der Waals surface area contributed by atoms with Gasteiger partial charge in [0.1, 0.15) is 12.4 Å². The molecule has 1 rings (SSSR count). The topological polar surface area (TPSA) is 72.8 Å². The van der Waals surface area contributed by atoms with Crippen LogP contribution in [0.4, 0.5) is 0 Å². The fraction of sp³-hybridized carbons (Fsp3) is 0.667. The molecule has 0 radical (unpaired) electrons. The lowest BCUT2D eigenvalue weighted by Crippen LogP contribution is -2.07. The van der Waals surface area contributed by atoms with E-state index < -0.39 is 10.1 Å². The highest BCUT2D eigenvalue weighted by molar-refractivity contribution is 7.85. The molecule has 5 nitrogen and oxygen atoms in total. The van der Waals surface area contributed by atoms with Crippen LogP contribution in [0, 0.1) is 0 Å². The Hall–Kier alpha value is -1.11. The Morgan fingerprint density at radius 1 is 0.833 bits per heavy atom. The molecule has 0 atom stereocenters. The summed E-state index contributed by atoms with van der Waals surface area (Å²) in [4.78, 5) is -0.138. The highest BCUT2D eigenvalue weighted by Gasteiger charge is 2.08. The van der Waals surface area contributed by atoms with E-state index in [0.717, 1.165) is 13.0 Å². The third kappa shape index (κ3) is 9.90. The molecule has 0 fully saturated rings. The van der Waals surface area contributed by atoms with Crippen LogP contribution in [0.25, 0.3) is 0 Å². The Morgan fingerprint density at radius 2 is 1.42 bits per heavy atom. The summed E-state index contributed by atoms with van der Waals surface area (Å²) in [6, 6.07) is 5.65. The smallest absolute Gasteiger partial charge is 0.294 e. The van der Waals surface area contributed by atoms with Gasteiger partial charge in [-0.25, -0.2) is 0 Å². The second-order valence-electron chi connectivity index (χ2n) is 5.88. The molecule has 0 heterocycles. The second-order valence-corrected chi connectivity index (χ2v) is 7.30. The summed E-state index contributed by atoms with van der Waals surface area (Å²) in [6.45, 7) is 3.91. The van der Waals surface area contributed by atoms with E-state index in [-0.39, 0.29) is 4.90 Å². The predicted octanol–water partition coefficient (Wildman–Crippen LogP) is 4.47. The molecule has 0 amide bonds. The number of hydrogen-bond acceptors (Lipinski definition) is 4. The molecule has 1 aromatic rings. The number of ether oxygens (including phenoxy) is 2. The van der Waals surface area contributed by atoms with E-state index in [1.54, 1.807) is 0 Å². The molecule has 24 heavy (non-hydrogen) atoms. The number of unbranched alkanes of at least 4 members (excludes halogenated alkanes) is 7. The van der Waals surface area contributed by atoms with Crippen molar-refractivity contribution >= 4 is 10.1 Å². The highest BCUT2D eigenvalue weighted by atomic mass is 32.2. The molecule has 0 unspecified atom stereocenters. The first-order valence-corrected chi connectivity index (χ1v) is 10.3. The van der Waals surface area contributed by atoms with E-state index in [0.29, 0.717) is 19.0 Å². The van der Waals surface area contributed by atoms with Gasteiger partial charge >= 0.3 is 0 Å². The first-order valence-electron chi connectivity index (χ1n) is 8.82. The van der Waals surface area contributed by atoms with Gasteiger partial charge in [-0.3, -0.25) is 4.55 Å². The lowest BCUT2D eigenvalue weighted by atomic mass is 10.1. The van der Waals surface area contributed by atoms with E-state index in [2.05, 4.69) is 6.92 Å². The van der Waals surface area contributed by atoms with Crippen molar-refractivity contribution in [1.29, 1.82) is 0 Å². The molecule has 1 N–H and O–H groups in total. The maximum atomic E-state index is 10.9. The third-order valence-electron chi connectivity index (χ3n) is 3.76. The zero-order valence-corrected chi connectivity index (χ0v) is 15.4. The Balaban J connectivity index is 1.97. The number of benzene rings is 1. The first-order chi connectivity index (χ1) is 11.5. The predicted molar refractivity (Wildman–Crippen MR) is 95.2 cm³/mol. The van der Waals surface area contributed by atoms with Crippen molar-refractivity contribution in [2.75, 3.05) is 19.8 Å². The van der Waals surface area contributed by atoms with E-state index in [9.17, 15) is 8.42 Å². The maximum Gasteiger partial charge on any atom is 0.294 e. The average Bonchev–Trinajstić information content (AvgIpc) is 2.55. The molecule has 0 saturated heterocycles. The van der Waals surface area contributed by atoms with Crippen LogP contribution in [0.15, 0.2) is 29.2 Å². The van der Waals surface area contributed by atoms with Gasteiger partial charge in [0.2, 0.25) is 0 Å². The van der Waals surface area contributed by atoms with Gasteiger partial charge in [0.15, 0.2) is 0 Å². The van der Waals surface area contributed by atoms with Gasteiger partial charge in [0, 0.05) is 6.61 Å². The molecule has 0 spiro atoms. The van der Waals surface area contributed by atoms with Gasteiger partial charge in [0.25, 0.3) is 10.1 Å². The summed E-state index contributed by atoms with van der Waals surface area (Å²) in [5.41, 5.74) is 0. The van der Waals surface area contributed by atoms with E-state index in [1.807, 2.05) is 0 Å². The van der Waals surface area contributed by atoms with Gasteiger partial charge in [-0.2, -0.15) is 8.42 Å². The summed E-state index contributed by atoms with van der Waals surface area (Å²) in [6.07, 6.45) is 10.2. The summed E-state index contributed by atoms with van der Waals surface area (Å²) in [7, 11) is -4.15. The Morgan fingerprint density at radius 3 is 2.00 bits per heavy atom. The maximum absolute atomic E-state index is 10.9. The summed E-state index contributed by atoms with van der Waals surface area (Å²) >= 11 is 0. The van der Waals surface area contributed by atoms with Gasteiger partial charge in [0.05, 0.1) is 11.5 Å². The summed E-state index contributed by atoms with van der Waals surface area (Å²) in [5, 5.41) is 0. The summed E-state index contributed by atoms with van der Waals surface area (Å²) in [5.74, 6) is 0.554. The standard InChI is InChI=1S/C18H30O5S/c1-2-3-4-5-6-7-8-9-14-22-15-16-23-17-10-12-18(13-11-17)24(19,20)21/h10-13H,2-9,14-16H2,1H3,(H,19,20,21). The summed E-state index contributed by atoms with van der Waals surface area (Å²) < 4.78 is 41.7. The lowest BCUT2D eigenvalue weighted by Gasteiger charge is -2.07. The van der Waals surface area contributed by atoms with Gasteiger partial charge in [-0.1, -0.05) is 51.9 Å². The van der Waals surface area contributed by atoms with E-state index >= 15 is 0 Å². The molecule has 1 aromatic carbocycles. The van der Waals surface area contributed by atoms with Crippen LogP contribution in [0.3, 0.4) is 0 Å².